The van der Waals surface area contributed by atoms with E-state index in [9.17, 15) is 13.6 Å². The lowest BCUT2D eigenvalue weighted by molar-refractivity contribution is 0.0934. The van der Waals surface area contributed by atoms with Gasteiger partial charge < -0.3 is 11.1 Å². The molecule has 0 aromatic heterocycles. The Bertz CT molecular complexity index is 690. The molecule has 3 rings (SSSR count). The third-order valence-corrected chi connectivity index (χ3v) is 3.70. The first kappa shape index (κ1) is 13.5. The fraction of sp³-hybridized carbons (Fsp3) is 0.188. The maximum Gasteiger partial charge on any atom is 0.254 e. The highest BCUT2D eigenvalue weighted by molar-refractivity contribution is 5.95. The summed E-state index contributed by atoms with van der Waals surface area (Å²) >= 11 is 0. The molecular formula is C16H14F2N2O. The molecule has 0 aliphatic heterocycles. The van der Waals surface area contributed by atoms with Gasteiger partial charge >= 0.3 is 0 Å². The number of anilines is 1. The number of nitrogens with one attached hydrogen (secondary N) is 1. The van der Waals surface area contributed by atoms with Gasteiger partial charge in [-0.25, -0.2) is 8.78 Å². The number of hydrogen-bond acceptors (Lipinski definition) is 2. The molecule has 1 amide bonds. The van der Waals surface area contributed by atoms with Crippen molar-refractivity contribution in [3.63, 3.8) is 0 Å². The van der Waals surface area contributed by atoms with Crippen LogP contribution in [0.3, 0.4) is 0 Å². The van der Waals surface area contributed by atoms with Gasteiger partial charge in [0, 0.05) is 6.04 Å². The monoisotopic (exact) mass is 288 g/mol. The second kappa shape index (κ2) is 5.16. The number of benzene rings is 2. The van der Waals surface area contributed by atoms with Crippen LogP contribution in [0.2, 0.25) is 0 Å². The zero-order chi connectivity index (χ0) is 15.0. The Morgan fingerprint density at radius 2 is 1.76 bits per heavy atom. The lowest BCUT2D eigenvalue weighted by Crippen LogP contribution is -2.36. The summed E-state index contributed by atoms with van der Waals surface area (Å²) in [6.45, 7) is 0. The number of rotatable bonds is 2. The summed E-state index contributed by atoms with van der Waals surface area (Å²) in [7, 11) is 0. The number of carbonyl (C=O) groups excluding carboxylic acids is 1. The van der Waals surface area contributed by atoms with Crippen LogP contribution in [-0.4, -0.2) is 11.9 Å². The summed E-state index contributed by atoms with van der Waals surface area (Å²) in [6, 6.07) is 9.50. The molecule has 1 aliphatic carbocycles. The number of fused-ring (bicyclic) bond motifs is 1. The van der Waals surface area contributed by atoms with Crippen molar-refractivity contribution in [1.82, 2.24) is 5.32 Å². The molecule has 108 valence electrons. The Hall–Kier alpha value is -2.43. The molecule has 2 aromatic rings. The Morgan fingerprint density at radius 3 is 2.38 bits per heavy atom. The molecule has 0 radical (unpaired) electrons. The van der Waals surface area contributed by atoms with Crippen LogP contribution in [-0.2, 0) is 12.8 Å². The molecule has 5 heteroatoms. The van der Waals surface area contributed by atoms with Gasteiger partial charge in [0.1, 0.15) is 5.82 Å². The van der Waals surface area contributed by atoms with Crippen LogP contribution in [0.1, 0.15) is 21.5 Å². The molecule has 21 heavy (non-hydrogen) atoms. The van der Waals surface area contributed by atoms with E-state index < -0.39 is 17.5 Å². The first-order valence-corrected chi connectivity index (χ1v) is 6.67. The van der Waals surface area contributed by atoms with Gasteiger partial charge in [-0.2, -0.15) is 0 Å². The van der Waals surface area contributed by atoms with Crippen molar-refractivity contribution in [2.45, 2.75) is 18.9 Å². The van der Waals surface area contributed by atoms with E-state index in [0.717, 1.165) is 12.1 Å². The van der Waals surface area contributed by atoms with E-state index in [1.54, 1.807) is 0 Å². The summed E-state index contributed by atoms with van der Waals surface area (Å²) in [5.74, 6) is -2.25. The predicted molar refractivity (Wildman–Crippen MR) is 75.9 cm³/mol. The molecule has 3 N–H and O–H groups in total. The highest BCUT2D eigenvalue weighted by Crippen LogP contribution is 2.23. The molecule has 0 saturated carbocycles. The average Bonchev–Trinajstić information content (AvgIpc) is 2.84. The Labute approximate surface area is 120 Å². The summed E-state index contributed by atoms with van der Waals surface area (Å²) < 4.78 is 27.1. The van der Waals surface area contributed by atoms with Crippen molar-refractivity contribution < 1.29 is 13.6 Å². The highest BCUT2D eigenvalue weighted by atomic mass is 19.1. The zero-order valence-corrected chi connectivity index (χ0v) is 11.2. The first-order valence-electron chi connectivity index (χ1n) is 6.67. The third-order valence-electron chi connectivity index (χ3n) is 3.70. The second-order valence-electron chi connectivity index (χ2n) is 5.20. The molecule has 0 spiro atoms. The van der Waals surface area contributed by atoms with Gasteiger partial charge in [-0.1, -0.05) is 24.3 Å². The minimum absolute atomic E-state index is 0.112. The van der Waals surface area contributed by atoms with Gasteiger partial charge in [-0.3, -0.25) is 4.79 Å². The summed E-state index contributed by atoms with van der Waals surface area (Å²) in [6.07, 6.45) is 1.38. The largest absolute Gasteiger partial charge is 0.396 e. The maximum atomic E-state index is 13.8. The molecule has 0 atom stereocenters. The maximum absolute atomic E-state index is 13.8. The van der Waals surface area contributed by atoms with Crippen molar-refractivity contribution in [2.24, 2.45) is 0 Å². The predicted octanol–water partition coefficient (Wildman–Crippen LogP) is 2.44. The van der Waals surface area contributed by atoms with Crippen LogP contribution in [0.5, 0.6) is 0 Å². The summed E-state index contributed by atoms with van der Waals surface area (Å²) in [4.78, 5) is 12.1. The highest BCUT2D eigenvalue weighted by Gasteiger charge is 2.24. The van der Waals surface area contributed by atoms with E-state index in [2.05, 4.69) is 5.32 Å². The number of halogens is 2. The topological polar surface area (TPSA) is 55.1 Å². The van der Waals surface area contributed by atoms with Gasteiger partial charge in [-0.15, -0.1) is 0 Å². The Kier molecular flexibility index (Phi) is 3.33. The van der Waals surface area contributed by atoms with Crippen molar-refractivity contribution in [2.75, 3.05) is 5.73 Å². The molecule has 2 aromatic carbocycles. The van der Waals surface area contributed by atoms with Crippen LogP contribution in [0.4, 0.5) is 14.5 Å². The summed E-state index contributed by atoms with van der Waals surface area (Å²) in [5.41, 5.74) is 6.95. The summed E-state index contributed by atoms with van der Waals surface area (Å²) in [5, 5.41) is 2.74. The molecule has 0 heterocycles. The standard InChI is InChI=1S/C16H14F2N2O/c17-11-7-13(15(18)14(19)8-11)16(21)20-12-5-9-3-1-2-4-10(9)6-12/h1-4,7-8,12H,5-6,19H2,(H,20,21). The van der Waals surface area contributed by atoms with Crippen molar-refractivity contribution in [1.29, 1.82) is 0 Å². The molecule has 0 unspecified atom stereocenters. The van der Waals surface area contributed by atoms with E-state index in [1.807, 2.05) is 24.3 Å². The Morgan fingerprint density at radius 1 is 1.14 bits per heavy atom. The lowest BCUT2D eigenvalue weighted by Gasteiger charge is -2.13. The number of hydrogen-bond donors (Lipinski definition) is 2. The van der Waals surface area contributed by atoms with Gasteiger partial charge in [0.05, 0.1) is 11.3 Å². The van der Waals surface area contributed by atoms with Crippen molar-refractivity contribution in [3.8, 4) is 0 Å². The Balaban J connectivity index is 1.77. The van der Waals surface area contributed by atoms with Crippen LogP contribution in [0, 0.1) is 11.6 Å². The van der Waals surface area contributed by atoms with E-state index in [4.69, 9.17) is 5.73 Å². The average molecular weight is 288 g/mol. The van der Waals surface area contributed by atoms with E-state index in [0.29, 0.717) is 12.8 Å². The molecule has 3 nitrogen and oxygen atoms in total. The quantitative estimate of drug-likeness (QED) is 0.834. The first-order chi connectivity index (χ1) is 10.0. The molecule has 0 saturated heterocycles. The molecule has 0 fully saturated rings. The van der Waals surface area contributed by atoms with Gasteiger partial charge in [0.25, 0.3) is 5.91 Å². The smallest absolute Gasteiger partial charge is 0.254 e. The van der Waals surface area contributed by atoms with Crippen LogP contribution in [0.25, 0.3) is 0 Å². The SMILES string of the molecule is Nc1cc(F)cc(C(=O)NC2Cc3ccccc3C2)c1F. The minimum atomic E-state index is -0.885. The van der Waals surface area contributed by atoms with Crippen LogP contribution >= 0.6 is 0 Å². The fourth-order valence-corrected chi connectivity index (χ4v) is 2.70. The lowest BCUT2D eigenvalue weighted by atomic mass is 10.1. The third kappa shape index (κ3) is 2.59. The van der Waals surface area contributed by atoms with Gasteiger partial charge in [0.15, 0.2) is 5.82 Å². The van der Waals surface area contributed by atoms with E-state index >= 15 is 0 Å². The van der Waals surface area contributed by atoms with Crippen molar-refractivity contribution in [3.05, 3.63) is 64.7 Å². The number of amides is 1. The van der Waals surface area contributed by atoms with Crippen LogP contribution < -0.4 is 11.1 Å². The van der Waals surface area contributed by atoms with Crippen molar-refractivity contribution >= 4 is 11.6 Å². The zero-order valence-electron chi connectivity index (χ0n) is 11.2. The fourth-order valence-electron chi connectivity index (χ4n) is 2.70. The van der Waals surface area contributed by atoms with Crippen LogP contribution in [0.15, 0.2) is 36.4 Å². The number of nitrogen functional groups attached to an aromatic ring is 1. The molecule has 0 bridgehead atoms. The minimum Gasteiger partial charge on any atom is -0.396 e. The van der Waals surface area contributed by atoms with E-state index in [-0.39, 0.29) is 17.3 Å². The van der Waals surface area contributed by atoms with Gasteiger partial charge in [0.2, 0.25) is 0 Å². The van der Waals surface area contributed by atoms with E-state index in [1.165, 1.54) is 11.1 Å². The number of carbonyl (C=O) groups is 1. The normalized spacial score (nSPS) is 14.0. The molecule has 1 aliphatic rings. The second-order valence-corrected chi connectivity index (χ2v) is 5.20. The number of nitrogens with two attached hydrogens (primary N) is 1. The van der Waals surface area contributed by atoms with Gasteiger partial charge in [-0.05, 0) is 36.1 Å². The molecular weight excluding hydrogens is 274 g/mol.